The van der Waals surface area contributed by atoms with Crippen molar-refractivity contribution in [1.29, 1.82) is 0 Å². The topological polar surface area (TPSA) is 61.5 Å². The van der Waals surface area contributed by atoms with Gasteiger partial charge in [0.05, 0.1) is 18.1 Å². The molecule has 0 aromatic heterocycles. The highest BCUT2D eigenvalue weighted by Gasteiger charge is 2.50. The average molecular weight is 267 g/mol. The molecule has 19 heavy (non-hydrogen) atoms. The van der Waals surface area contributed by atoms with E-state index in [4.69, 9.17) is 15.2 Å². The van der Waals surface area contributed by atoms with Gasteiger partial charge >= 0.3 is 5.97 Å². The Bertz CT molecular complexity index is 347. The molecule has 0 aromatic carbocycles. The SMILES string of the molecule is CC1CC(OC(=O)C2C3CCC(C3)C2N)CC(C)O1. The van der Waals surface area contributed by atoms with E-state index in [0.29, 0.717) is 11.8 Å². The van der Waals surface area contributed by atoms with Gasteiger partial charge in [0.1, 0.15) is 6.10 Å². The molecule has 3 rings (SSSR count). The van der Waals surface area contributed by atoms with Crippen molar-refractivity contribution in [2.45, 2.75) is 70.3 Å². The molecule has 2 bridgehead atoms. The van der Waals surface area contributed by atoms with Gasteiger partial charge in [0.15, 0.2) is 0 Å². The molecule has 1 heterocycles. The summed E-state index contributed by atoms with van der Waals surface area (Å²) in [5.41, 5.74) is 6.20. The van der Waals surface area contributed by atoms with E-state index in [9.17, 15) is 4.79 Å². The summed E-state index contributed by atoms with van der Waals surface area (Å²) in [6, 6.07) is 0.0286. The number of ether oxygens (including phenoxy) is 2. The Morgan fingerprint density at radius 1 is 1.11 bits per heavy atom. The first-order valence-electron chi connectivity index (χ1n) is 7.66. The van der Waals surface area contributed by atoms with Gasteiger partial charge in [-0.2, -0.15) is 0 Å². The van der Waals surface area contributed by atoms with E-state index in [2.05, 4.69) is 0 Å². The van der Waals surface area contributed by atoms with E-state index in [0.717, 1.165) is 25.7 Å². The van der Waals surface area contributed by atoms with Crippen LogP contribution in [0.15, 0.2) is 0 Å². The van der Waals surface area contributed by atoms with E-state index in [1.165, 1.54) is 6.42 Å². The van der Waals surface area contributed by atoms with Crippen LogP contribution in [0.5, 0.6) is 0 Å². The van der Waals surface area contributed by atoms with Crippen molar-refractivity contribution in [2.75, 3.05) is 0 Å². The molecule has 1 saturated heterocycles. The Morgan fingerprint density at radius 3 is 2.32 bits per heavy atom. The number of carbonyl (C=O) groups is 1. The number of rotatable bonds is 2. The fourth-order valence-electron chi connectivity index (χ4n) is 4.37. The summed E-state index contributed by atoms with van der Waals surface area (Å²) in [5.74, 6) is 0.926. The Hall–Kier alpha value is -0.610. The molecule has 0 spiro atoms. The van der Waals surface area contributed by atoms with Crippen molar-refractivity contribution >= 4 is 5.97 Å². The summed E-state index contributed by atoms with van der Waals surface area (Å²) in [5, 5.41) is 0. The smallest absolute Gasteiger partial charge is 0.311 e. The Kier molecular flexibility index (Phi) is 3.56. The molecular weight excluding hydrogens is 242 g/mol. The van der Waals surface area contributed by atoms with E-state index in [-0.39, 0.29) is 36.2 Å². The van der Waals surface area contributed by atoms with Crippen molar-refractivity contribution in [1.82, 2.24) is 0 Å². The second-order valence-corrected chi connectivity index (χ2v) is 6.72. The molecule has 6 unspecified atom stereocenters. The monoisotopic (exact) mass is 267 g/mol. The molecule has 3 aliphatic rings. The first kappa shape index (κ1) is 13.4. The second kappa shape index (κ2) is 5.06. The minimum absolute atomic E-state index is 0.0116. The number of carbonyl (C=O) groups excluding carboxylic acids is 1. The van der Waals surface area contributed by atoms with Gasteiger partial charge in [-0.3, -0.25) is 4.79 Å². The molecule has 3 fully saturated rings. The van der Waals surface area contributed by atoms with Crippen LogP contribution in [0.25, 0.3) is 0 Å². The second-order valence-electron chi connectivity index (χ2n) is 6.72. The van der Waals surface area contributed by atoms with Crippen molar-refractivity contribution in [3.8, 4) is 0 Å². The molecule has 0 radical (unpaired) electrons. The lowest BCUT2D eigenvalue weighted by molar-refractivity contribution is -0.166. The zero-order chi connectivity index (χ0) is 13.6. The van der Waals surface area contributed by atoms with Gasteiger partial charge in [-0.25, -0.2) is 0 Å². The van der Waals surface area contributed by atoms with Gasteiger partial charge in [0.25, 0.3) is 0 Å². The molecule has 4 nitrogen and oxygen atoms in total. The lowest BCUT2D eigenvalue weighted by atomic mass is 9.85. The van der Waals surface area contributed by atoms with Crippen LogP contribution in [0.3, 0.4) is 0 Å². The zero-order valence-corrected chi connectivity index (χ0v) is 11.9. The standard InChI is InChI=1S/C15H25NO3/c1-8-5-12(6-9(2)18-8)19-15(17)13-10-3-4-11(7-10)14(13)16/h8-14H,3-7,16H2,1-2H3. The molecule has 1 aliphatic heterocycles. The molecule has 2 N–H and O–H groups in total. The van der Waals surface area contributed by atoms with Crippen LogP contribution in [-0.4, -0.2) is 30.3 Å². The molecule has 0 aromatic rings. The molecule has 4 heteroatoms. The van der Waals surface area contributed by atoms with E-state index >= 15 is 0 Å². The highest BCUT2D eigenvalue weighted by atomic mass is 16.6. The third kappa shape index (κ3) is 2.52. The Balaban J connectivity index is 1.59. The number of hydrogen-bond donors (Lipinski definition) is 1. The molecule has 0 amide bonds. The highest BCUT2D eigenvalue weighted by molar-refractivity contribution is 5.74. The molecular formula is C15H25NO3. The van der Waals surface area contributed by atoms with Crippen molar-refractivity contribution in [3.63, 3.8) is 0 Å². The van der Waals surface area contributed by atoms with Crippen LogP contribution in [0.2, 0.25) is 0 Å². The maximum atomic E-state index is 12.4. The maximum absolute atomic E-state index is 12.4. The Labute approximate surface area is 115 Å². The predicted octanol–water partition coefficient (Wildman–Crippen LogP) is 1.86. The largest absolute Gasteiger partial charge is 0.462 e. The Morgan fingerprint density at radius 2 is 1.74 bits per heavy atom. The average Bonchev–Trinajstić information content (AvgIpc) is 2.87. The molecule has 2 saturated carbocycles. The number of esters is 1. The van der Waals surface area contributed by atoms with Crippen molar-refractivity contribution < 1.29 is 14.3 Å². The third-order valence-electron chi connectivity index (χ3n) is 5.19. The normalized spacial score (nSPS) is 49.3. The van der Waals surface area contributed by atoms with Crippen LogP contribution in [0.1, 0.15) is 46.0 Å². The van der Waals surface area contributed by atoms with Crippen LogP contribution >= 0.6 is 0 Å². The maximum Gasteiger partial charge on any atom is 0.311 e. The summed E-state index contributed by atoms with van der Waals surface area (Å²) in [4.78, 5) is 12.4. The van der Waals surface area contributed by atoms with E-state index < -0.39 is 0 Å². The quantitative estimate of drug-likeness (QED) is 0.776. The summed E-state index contributed by atoms with van der Waals surface area (Å²) in [7, 11) is 0. The highest BCUT2D eigenvalue weighted by Crippen LogP contribution is 2.48. The number of hydrogen-bond acceptors (Lipinski definition) is 4. The summed E-state index contributed by atoms with van der Waals surface area (Å²) < 4.78 is 11.4. The van der Waals surface area contributed by atoms with Crippen LogP contribution in [0.4, 0.5) is 0 Å². The molecule has 6 atom stereocenters. The fraction of sp³-hybridized carbons (Fsp3) is 0.933. The van der Waals surface area contributed by atoms with Gasteiger partial charge in [-0.1, -0.05) is 0 Å². The third-order valence-corrected chi connectivity index (χ3v) is 5.19. The van der Waals surface area contributed by atoms with E-state index in [1.807, 2.05) is 13.8 Å². The summed E-state index contributed by atoms with van der Waals surface area (Å²) >= 11 is 0. The van der Waals surface area contributed by atoms with Crippen molar-refractivity contribution in [2.24, 2.45) is 23.5 Å². The zero-order valence-electron chi connectivity index (χ0n) is 11.9. The first-order chi connectivity index (χ1) is 9.04. The lowest BCUT2D eigenvalue weighted by Gasteiger charge is -2.34. The van der Waals surface area contributed by atoms with Gasteiger partial charge < -0.3 is 15.2 Å². The van der Waals surface area contributed by atoms with Crippen LogP contribution in [-0.2, 0) is 14.3 Å². The van der Waals surface area contributed by atoms with Gasteiger partial charge in [0, 0.05) is 18.9 Å². The first-order valence-corrected chi connectivity index (χ1v) is 7.66. The lowest BCUT2D eigenvalue weighted by Crippen LogP contribution is -2.43. The van der Waals surface area contributed by atoms with Gasteiger partial charge in [-0.05, 0) is 44.9 Å². The fourth-order valence-corrected chi connectivity index (χ4v) is 4.37. The van der Waals surface area contributed by atoms with Crippen LogP contribution in [0, 0.1) is 17.8 Å². The van der Waals surface area contributed by atoms with Gasteiger partial charge in [0.2, 0.25) is 0 Å². The van der Waals surface area contributed by atoms with Gasteiger partial charge in [-0.15, -0.1) is 0 Å². The number of fused-ring (bicyclic) bond motifs is 2. The molecule has 108 valence electrons. The minimum atomic E-state index is -0.0500. The summed E-state index contributed by atoms with van der Waals surface area (Å²) in [6.07, 6.45) is 5.46. The van der Waals surface area contributed by atoms with E-state index in [1.54, 1.807) is 0 Å². The predicted molar refractivity (Wildman–Crippen MR) is 71.4 cm³/mol. The molecule has 2 aliphatic carbocycles. The van der Waals surface area contributed by atoms with Crippen LogP contribution < -0.4 is 5.73 Å². The summed E-state index contributed by atoms with van der Waals surface area (Å²) in [6.45, 7) is 4.08. The number of nitrogens with two attached hydrogens (primary N) is 1. The van der Waals surface area contributed by atoms with Crippen molar-refractivity contribution in [3.05, 3.63) is 0 Å². The minimum Gasteiger partial charge on any atom is -0.462 e.